The fourth-order valence-corrected chi connectivity index (χ4v) is 3.52. The van der Waals surface area contributed by atoms with Gasteiger partial charge in [-0.25, -0.2) is 9.97 Å². The van der Waals surface area contributed by atoms with Gasteiger partial charge < -0.3 is 5.32 Å². The van der Waals surface area contributed by atoms with Crippen molar-refractivity contribution in [3.05, 3.63) is 16.3 Å². The Morgan fingerprint density at radius 2 is 1.95 bits per heavy atom. The van der Waals surface area contributed by atoms with Crippen LogP contribution in [0.25, 0.3) is 10.2 Å². The van der Waals surface area contributed by atoms with Crippen LogP contribution in [0.5, 0.6) is 0 Å². The number of aromatic nitrogens is 2. The summed E-state index contributed by atoms with van der Waals surface area (Å²) in [6, 6.07) is 0. The highest BCUT2D eigenvalue weighted by Gasteiger charge is 2.14. The Hall–Kier alpha value is -1.20. The van der Waals surface area contributed by atoms with Gasteiger partial charge in [0, 0.05) is 18.5 Å². The molecule has 0 unspecified atom stereocenters. The van der Waals surface area contributed by atoms with Crippen molar-refractivity contribution in [3.63, 3.8) is 0 Å². The van der Waals surface area contributed by atoms with Crippen molar-refractivity contribution in [2.24, 2.45) is 5.92 Å². The van der Waals surface area contributed by atoms with E-state index in [1.807, 2.05) is 7.05 Å². The zero-order valence-electron chi connectivity index (χ0n) is 13.2. The van der Waals surface area contributed by atoms with E-state index in [9.17, 15) is 0 Å². The molecule has 4 nitrogen and oxygen atoms in total. The average Bonchev–Trinajstić information content (AvgIpc) is 2.63. The molecule has 0 saturated heterocycles. The van der Waals surface area contributed by atoms with Gasteiger partial charge >= 0.3 is 0 Å². The Balaban J connectivity index is 2.36. The molecule has 110 valence electrons. The summed E-state index contributed by atoms with van der Waals surface area (Å²) in [6.07, 6.45) is 0. The highest BCUT2D eigenvalue weighted by Crippen LogP contribution is 2.33. The molecule has 0 aliphatic heterocycles. The van der Waals surface area contributed by atoms with Crippen LogP contribution in [-0.4, -0.2) is 35.5 Å². The van der Waals surface area contributed by atoms with Crippen molar-refractivity contribution in [2.75, 3.05) is 26.0 Å². The van der Waals surface area contributed by atoms with Gasteiger partial charge in [0.2, 0.25) is 0 Å². The van der Waals surface area contributed by atoms with E-state index in [4.69, 9.17) is 4.98 Å². The lowest BCUT2D eigenvalue weighted by Gasteiger charge is -2.18. The molecule has 0 saturated carbocycles. The van der Waals surface area contributed by atoms with E-state index in [-0.39, 0.29) is 0 Å². The van der Waals surface area contributed by atoms with E-state index in [2.05, 4.69) is 49.9 Å². The second-order valence-corrected chi connectivity index (χ2v) is 7.00. The Morgan fingerprint density at radius 1 is 1.25 bits per heavy atom. The zero-order chi connectivity index (χ0) is 14.9. The molecule has 2 aromatic heterocycles. The average molecular weight is 292 g/mol. The molecule has 0 spiro atoms. The van der Waals surface area contributed by atoms with Crippen LogP contribution in [0.2, 0.25) is 0 Å². The molecular weight excluding hydrogens is 268 g/mol. The second-order valence-electron chi connectivity index (χ2n) is 5.79. The van der Waals surface area contributed by atoms with E-state index < -0.39 is 0 Å². The van der Waals surface area contributed by atoms with Gasteiger partial charge in [0.25, 0.3) is 0 Å². The number of anilines is 1. The summed E-state index contributed by atoms with van der Waals surface area (Å²) < 4.78 is 0. The third kappa shape index (κ3) is 3.10. The minimum Gasteiger partial charge on any atom is -0.372 e. The van der Waals surface area contributed by atoms with Crippen molar-refractivity contribution >= 4 is 27.4 Å². The van der Waals surface area contributed by atoms with Crippen molar-refractivity contribution < 1.29 is 0 Å². The standard InChI is InChI=1S/C15H24N4S/c1-9(2)7-19(6)8-12-17-14(16-5)13-10(3)11(4)20-15(13)18-12/h9H,7-8H2,1-6H3,(H,16,17,18). The first-order chi connectivity index (χ1) is 9.42. The summed E-state index contributed by atoms with van der Waals surface area (Å²) >= 11 is 1.75. The van der Waals surface area contributed by atoms with Gasteiger partial charge in [-0.1, -0.05) is 13.8 Å². The molecule has 0 fully saturated rings. The molecule has 5 heteroatoms. The highest BCUT2D eigenvalue weighted by atomic mass is 32.1. The topological polar surface area (TPSA) is 41.1 Å². The molecule has 0 aromatic carbocycles. The quantitative estimate of drug-likeness (QED) is 0.916. The maximum Gasteiger partial charge on any atom is 0.146 e. The maximum absolute atomic E-state index is 4.74. The number of thiophene rings is 1. The molecule has 0 radical (unpaired) electrons. The van der Waals surface area contributed by atoms with E-state index >= 15 is 0 Å². The zero-order valence-corrected chi connectivity index (χ0v) is 14.1. The molecule has 2 rings (SSSR count). The van der Waals surface area contributed by atoms with E-state index in [0.717, 1.165) is 29.6 Å². The first kappa shape index (κ1) is 15.2. The highest BCUT2D eigenvalue weighted by molar-refractivity contribution is 7.18. The molecular formula is C15H24N4S. The fraction of sp³-hybridized carbons (Fsp3) is 0.600. The molecule has 2 heterocycles. The van der Waals surface area contributed by atoms with Crippen molar-refractivity contribution in [2.45, 2.75) is 34.2 Å². The normalized spacial score (nSPS) is 11.8. The van der Waals surface area contributed by atoms with Gasteiger partial charge in [-0.15, -0.1) is 11.3 Å². The van der Waals surface area contributed by atoms with Crippen LogP contribution < -0.4 is 5.32 Å². The van der Waals surface area contributed by atoms with Gasteiger partial charge in [-0.3, -0.25) is 4.90 Å². The smallest absolute Gasteiger partial charge is 0.146 e. The number of aryl methyl sites for hydroxylation is 2. The number of fused-ring (bicyclic) bond motifs is 1. The summed E-state index contributed by atoms with van der Waals surface area (Å²) in [7, 11) is 4.05. The lowest BCUT2D eigenvalue weighted by molar-refractivity contribution is 0.282. The van der Waals surface area contributed by atoms with Crippen molar-refractivity contribution in [1.29, 1.82) is 0 Å². The predicted octanol–water partition coefficient (Wildman–Crippen LogP) is 3.44. The number of hydrogen-bond donors (Lipinski definition) is 1. The third-order valence-electron chi connectivity index (χ3n) is 3.40. The molecule has 2 aromatic rings. The Kier molecular flexibility index (Phi) is 4.60. The minimum atomic E-state index is 0.652. The minimum absolute atomic E-state index is 0.652. The molecule has 0 aliphatic carbocycles. The lowest BCUT2D eigenvalue weighted by Crippen LogP contribution is -2.24. The molecule has 0 bridgehead atoms. The number of nitrogens with one attached hydrogen (secondary N) is 1. The first-order valence-corrected chi connectivity index (χ1v) is 7.87. The van der Waals surface area contributed by atoms with Gasteiger partial charge in [0.15, 0.2) is 0 Å². The molecule has 0 atom stereocenters. The SMILES string of the molecule is CNc1nc(CN(C)CC(C)C)nc2sc(C)c(C)c12. The molecule has 0 amide bonds. The first-order valence-electron chi connectivity index (χ1n) is 7.05. The van der Waals surface area contributed by atoms with E-state index in [1.54, 1.807) is 11.3 Å². The van der Waals surface area contributed by atoms with Crippen LogP contribution in [-0.2, 0) is 6.54 Å². The molecule has 0 aliphatic rings. The Morgan fingerprint density at radius 3 is 2.55 bits per heavy atom. The summed E-state index contributed by atoms with van der Waals surface area (Å²) in [6.45, 7) is 10.6. The van der Waals surface area contributed by atoms with E-state index in [0.29, 0.717) is 5.92 Å². The van der Waals surface area contributed by atoms with Crippen LogP contribution in [0.15, 0.2) is 0 Å². The summed E-state index contributed by atoms with van der Waals surface area (Å²) in [5, 5.41) is 4.39. The molecule has 20 heavy (non-hydrogen) atoms. The van der Waals surface area contributed by atoms with Gasteiger partial charge in [-0.05, 0) is 32.4 Å². The van der Waals surface area contributed by atoms with Crippen LogP contribution in [0.4, 0.5) is 5.82 Å². The summed E-state index contributed by atoms with van der Waals surface area (Å²) in [4.78, 5) is 14.1. The molecule has 1 N–H and O–H groups in total. The van der Waals surface area contributed by atoms with Crippen LogP contribution >= 0.6 is 11.3 Å². The number of nitrogens with zero attached hydrogens (tertiary/aromatic N) is 3. The summed E-state index contributed by atoms with van der Waals surface area (Å²) in [5.41, 5.74) is 1.29. The Labute approximate surface area is 125 Å². The second kappa shape index (κ2) is 6.06. The fourth-order valence-electron chi connectivity index (χ4n) is 2.47. The Bertz CT molecular complexity index is 603. The third-order valence-corrected chi connectivity index (χ3v) is 4.50. The largest absolute Gasteiger partial charge is 0.372 e. The van der Waals surface area contributed by atoms with Gasteiger partial charge in [0.05, 0.1) is 11.9 Å². The van der Waals surface area contributed by atoms with Gasteiger partial charge in [0.1, 0.15) is 16.5 Å². The number of hydrogen-bond acceptors (Lipinski definition) is 5. The van der Waals surface area contributed by atoms with Crippen LogP contribution in [0.3, 0.4) is 0 Å². The van der Waals surface area contributed by atoms with Crippen molar-refractivity contribution in [1.82, 2.24) is 14.9 Å². The number of rotatable bonds is 5. The summed E-state index contributed by atoms with van der Waals surface area (Å²) in [5.74, 6) is 2.50. The monoisotopic (exact) mass is 292 g/mol. The predicted molar refractivity (Wildman–Crippen MR) is 87.6 cm³/mol. The maximum atomic E-state index is 4.74. The van der Waals surface area contributed by atoms with E-state index in [1.165, 1.54) is 15.8 Å². The lowest BCUT2D eigenvalue weighted by atomic mass is 10.2. The van der Waals surface area contributed by atoms with Crippen molar-refractivity contribution in [3.8, 4) is 0 Å². The van der Waals surface area contributed by atoms with Gasteiger partial charge in [-0.2, -0.15) is 0 Å². The van der Waals surface area contributed by atoms with Crippen LogP contribution in [0, 0.1) is 19.8 Å². The van der Waals surface area contributed by atoms with Crippen LogP contribution in [0.1, 0.15) is 30.1 Å².